The van der Waals surface area contributed by atoms with Gasteiger partial charge in [0.2, 0.25) is 0 Å². The van der Waals surface area contributed by atoms with Crippen LogP contribution >= 0.6 is 11.3 Å². The summed E-state index contributed by atoms with van der Waals surface area (Å²) >= 11 is 1.37. The summed E-state index contributed by atoms with van der Waals surface area (Å²) in [5.41, 5.74) is 4.91. The highest BCUT2D eigenvalue weighted by Crippen LogP contribution is 2.40. The van der Waals surface area contributed by atoms with Gasteiger partial charge in [-0.1, -0.05) is 6.07 Å². The second-order valence-electron chi connectivity index (χ2n) is 7.18. The number of aliphatic carboxylic acids is 1. The fraction of sp³-hybridized carbons (Fsp3) is 0.333. The fourth-order valence-corrected chi connectivity index (χ4v) is 4.70. The number of amides is 2. The number of carboxylic acid groups (broad SMARTS) is 1. The zero-order valence-corrected chi connectivity index (χ0v) is 17.6. The second-order valence-corrected chi connectivity index (χ2v) is 8.13. The van der Waals surface area contributed by atoms with E-state index < -0.39 is 23.3 Å². The van der Waals surface area contributed by atoms with E-state index in [0.717, 1.165) is 4.88 Å². The van der Waals surface area contributed by atoms with E-state index in [9.17, 15) is 19.5 Å². The van der Waals surface area contributed by atoms with Crippen LogP contribution in [0.25, 0.3) is 0 Å². The summed E-state index contributed by atoms with van der Waals surface area (Å²) in [4.78, 5) is 38.6. The average Bonchev–Trinajstić information content (AvgIpc) is 3.28. The van der Waals surface area contributed by atoms with Crippen LogP contribution in [0.4, 0.5) is 0 Å². The molecule has 1 aromatic heterocycles. The average molecular weight is 445 g/mol. The largest absolute Gasteiger partial charge is 0.494 e. The second kappa shape index (κ2) is 9.61. The first-order valence-electron chi connectivity index (χ1n) is 9.76. The molecule has 2 amide bonds. The first-order chi connectivity index (χ1) is 14.8. The Morgan fingerprint density at radius 2 is 2.03 bits per heavy atom. The van der Waals surface area contributed by atoms with Gasteiger partial charge in [0.25, 0.3) is 0 Å². The molecule has 1 aliphatic heterocycles. The van der Waals surface area contributed by atoms with Gasteiger partial charge in [-0.05, 0) is 48.6 Å². The molecule has 0 saturated carbocycles. The third-order valence-corrected chi connectivity index (χ3v) is 6.23. The summed E-state index contributed by atoms with van der Waals surface area (Å²) < 4.78 is 5.76. The molecule has 1 saturated heterocycles. The van der Waals surface area contributed by atoms with Crippen LogP contribution in [0.1, 0.15) is 29.7 Å². The van der Waals surface area contributed by atoms with Crippen LogP contribution in [0.2, 0.25) is 0 Å². The molecule has 0 aliphatic carbocycles. The highest BCUT2D eigenvalue weighted by Gasteiger charge is 2.46. The lowest BCUT2D eigenvalue weighted by atomic mass is 9.85. The Bertz CT molecular complexity index is 961. The zero-order valence-electron chi connectivity index (χ0n) is 16.8. The fourth-order valence-electron chi connectivity index (χ4n) is 3.73. The highest BCUT2D eigenvalue weighted by atomic mass is 32.1. The minimum absolute atomic E-state index is 0.0313. The van der Waals surface area contributed by atoms with E-state index in [0.29, 0.717) is 30.8 Å². The molecule has 3 rings (SSSR count). The van der Waals surface area contributed by atoms with Crippen molar-refractivity contribution in [3.05, 3.63) is 52.2 Å². The van der Waals surface area contributed by atoms with Crippen molar-refractivity contribution in [1.82, 2.24) is 10.2 Å². The van der Waals surface area contributed by atoms with Crippen LogP contribution in [-0.4, -0.2) is 53.3 Å². The van der Waals surface area contributed by atoms with E-state index in [1.165, 1.54) is 16.2 Å². The smallest absolute Gasteiger partial charge is 0.312 e. The number of ether oxygens (including phenoxy) is 1. The monoisotopic (exact) mass is 444 g/mol. The molecule has 0 bridgehead atoms. The maximum Gasteiger partial charge on any atom is 0.312 e. The van der Waals surface area contributed by atoms with Crippen molar-refractivity contribution in [3.8, 4) is 5.75 Å². The number of amidine groups is 1. The van der Waals surface area contributed by atoms with E-state index in [2.05, 4.69) is 5.32 Å². The van der Waals surface area contributed by atoms with Gasteiger partial charge in [0.15, 0.2) is 0 Å². The molecule has 2 heterocycles. The van der Waals surface area contributed by atoms with Crippen LogP contribution in [0.5, 0.6) is 5.75 Å². The SMILES string of the molecule is N=C(N)c1ccc(OCCCC(CC(=O)O)(c2cccs2)N2CCNC(=O)C2=O)cc1. The van der Waals surface area contributed by atoms with Crippen LogP contribution < -0.4 is 15.8 Å². The van der Waals surface area contributed by atoms with E-state index in [1.807, 2.05) is 5.38 Å². The number of hydrogen-bond donors (Lipinski definition) is 4. The Kier molecular flexibility index (Phi) is 6.91. The van der Waals surface area contributed by atoms with Crippen LogP contribution in [0.15, 0.2) is 41.8 Å². The number of nitrogens with two attached hydrogens (primary N) is 1. The van der Waals surface area contributed by atoms with Gasteiger partial charge in [-0.3, -0.25) is 19.8 Å². The number of carbonyl (C=O) groups is 3. The molecule has 2 aromatic rings. The molecule has 1 fully saturated rings. The molecule has 1 aromatic carbocycles. The Hall–Kier alpha value is -3.40. The highest BCUT2D eigenvalue weighted by molar-refractivity contribution is 7.10. The van der Waals surface area contributed by atoms with Crippen LogP contribution in [0, 0.1) is 5.41 Å². The van der Waals surface area contributed by atoms with Crippen molar-refractivity contribution in [2.24, 2.45) is 5.73 Å². The summed E-state index contributed by atoms with van der Waals surface area (Å²) in [5.74, 6) is -1.93. The number of rotatable bonds is 10. The number of hydrogen-bond acceptors (Lipinski definition) is 6. The van der Waals surface area contributed by atoms with E-state index in [4.69, 9.17) is 15.9 Å². The van der Waals surface area contributed by atoms with E-state index in [1.54, 1.807) is 36.4 Å². The van der Waals surface area contributed by atoms with E-state index >= 15 is 0 Å². The van der Waals surface area contributed by atoms with Crippen molar-refractivity contribution < 1.29 is 24.2 Å². The molecule has 10 heteroatoms. The van der Waals surface area contributed by atoms with Crippen molar-refractivity contribution in [3.63, 3.8) is 0 Å². The van der Waals surface area contributed by atoms with Crippen LogP contribution in [-0.2, 0) is 19.9 Å². The number of piperazine rings is 1. The predicted octanol–water partition coefficient (Wildman–Crippen LogP) is 1.52. The molecular weight excluding hydrogens is 420 g/mol. The van der Waals surface area contributed by atoms with Crippen LogP contribution in [0.3, 0.4) is 0 Å². The topological polar surface area (TPSA) is 146 Å². The van der Waals surface area contributed by atoms with Crippen molar-refractivity contribution in [1.29, 1.82) is 5.41 Å². The quantitative estimate of drug-likeness (QED) is 0.189. The summed E-state index contributed by atoms with van der Waals surface area (Å²) in [5, 5.41) is 21.4. The Morgan fingerprint density at radius 3 is 2.65 bits per heavy atom. The summed E-state index contributed by atoms with van der Waals surface area (Å²) in [6.45, 7) is 0.805. The summed E-state index contributed by atoms with van der Waals surface area (Å²) in [6, 6.07) is 10.4. The number of carbonyl (C=O) groups excluding carboxylic acids is 2. The maximum absolute atomic E-state index is 12.7. The molecule has 31 heavy (non-hydrogen) atoms. The number of benzene rings is 1. The Morgan fingerprint density at radius 1 is 1.29 bits per heavy atom. The number of nitrogens with one attached hydrogen (secondary N) is 2. The van der Waals surface area contributed by atoms with E-state index in [-0.39, 0.29) is 25.3 Å². The number of nitrogens with zero attached hydrogens (tertiary/aromatic N) is 1. The Balaban J connectivity index is 1.77. The third kappa shape index (κ3) is 5.02. The predicted molar refractivity (Wildman–Crippen MR) is 115 cm³/mol. The van der Waals surface area contributed by atoms with Gasteiger partial charge in [0, 0.05) is 23.5 Å². The minimum Gasteiger partial charge on any atom is -0.494 e. The lowest BCUT2D eigenvalue weighted by Gasteiger charge is -2.44. The van der Waals surface area contributed by atoms with Gasteiger partial charge in [0.1, 0.15) is 11.6 Å². The van der Waals surface area contributed by atoms with Gasteiger partial charge in [0.05, 0.1) is 18.6 Å². The molecular formula is C21H24N4O5S. The first kappa shape index (κ1) is 22.3. The normalized spacial score (nSPS) is 15.8. The standard InChI is InChI=1S/C21H24N4O5S/c22-18(23)14-4-6-15(7-5-14)30-11-2-8-21(13-17(26)27,16-3-1-12-31-16)25-10-9-24-19(28)20(25)29/h1,3-7,12H,2,8-11,13H2,(H3,22,23)(H,24,28)(H,26,27). The minimum atomic E-state index is -1.13. The molecule has 1 unspecified atom stereocenters. The number of carboxylic acids is 1. The molecule has 5 N–H and O–H groups in total. The van der Waals surface area contributed by atoms with Gasteiger partial charge in [-0.15, -0.1) is 11.3 Å². The molecule has 1 atom stereocenters. The van der Waals surface area contributed by atoms with Gasteiger partial charge in [-0.25, -0.2) is 0 Å². The van der Waals surface area contributed by atoms with Crippen molar-refractivity contribution in [2.75, 3.05) is 19.7 Å². The van der Waals surface area contributed by atoms with Gasteiger partial charge < -0.3 is 25.8 Å². The van der Waals surface area contributed by atoms with Gasteiger partial charge in [-0.2, -0.15) is 0 Å². The van der Waals surface area contributed by atoms with Crippen molar-refractivity contribution >= 4 is 35.0 Å². The maximum atomic E-state index is 12.7. The zero-order chi connectivity index (χ0) is 22.4. The molecule has 0 radical (unpaired) electrons. The van der Waals surface area contributed by atoms with Gasteiger partial charge >= 0.3 is 17.8 Å². The molecule has 9 nitrogen and oxygen atoms in total. The number of nitrogen functional groups attached to an aromatic ring is 1. The Labute approximate surface area is 183 Å². The first-order valence-corrected chi connectivity index (χ1v) is 10.6. The molecule has 164 valence electrons. The van der Waals surface area contributed by atoms with Crippen molar-refractivity contribution in [2.45, 2.75) is 24.8 Å². The summed E-state index contributed by atoms with van der Waals surface area (Å²) in [7, 11) is 0. The lowest BCUT2D eigenvalue weighted by molar-refractivity contribution is -0.156. The summed E-state index contributed by atoms with van der Waals surface area (Å²) in [6.07, 6.45) is 0.481. The molecule has 1 aliphatic rings. The number of thiophene rings is 1. The third-order valence-electron chi connectivity index (χ3n) is 5.17. The molecule has 0 spiro atoms. The lowest BCUT2D eigenvalue weighted by Crippen LogP contribution is -2.60.